The second-order valence-corrected chi connectivity index (χ2v) is 5.10. The fourth-order valence-electron chi connectivity index (χ4n) is 2.53. The molecule has 0 aromatic carbocycles. The van der Waals surface area contributed by atoms with Crippen LogP contribution in [0, 0.1) is 0 Å². The van der Waals surface area contributed by atoms with Crippen LogP contribution in [0.25, 0.3) is 0 Å². The molecule has 2 N–H and O–H groups in total. The van der Waals surface area contributed by atoms with Gasteiger partial charge in [-0.15, -0.1) is 24.8 Å². The molecule has 120 valence electrons. The standard InChI is InChI=1S/C13H25N3O2.2ClH/c17-13(12-4-3-6-14-12)15-5-1-2-7-16-8-10-18-11-9-16;;/h12,14H,1-11H2,(H,15,17);2*1H/t12-;;/m0../s1. The number of rotatable bonds is 6. The van der Waals surface area contributed by atoms with Gasteiger partial charge in [0.2, 0.25) is 5.91 Å². The van der Waals surface area contributed by atoms with Gasteiger partial charge in [-0.3, -0.25) is 9.69 Å². The van der Waals surface area contributed by atoms with Gasteiger partial charge in [0.25, 0.3) is 0 Å². The van der Waals surface area contributed by atoms with Crippen LogP contribution >= 0.6 is 24.8 Å². The third kappa shape index (κ3) is 7.09. The number of halogens is 2. The maximum atomic E-state index is 11.7. The molecule has 0 aliphatic carbocycles. The van der Waals surface area contributed by atoms with Crippen molar-refractivity contribution in [2.45, 2.75) is 31.7 Å². The third-order valence-electron chi connectivity index (χ3n) is 3.68. The second-order valence-electron chi connectivity index (χ2n) is 5.10. The van der Waals surface area contributed by atoms with Crippen molar-refractivity contribution in [3.63, 3.8) is 0 Å². The first-order valence-electron chi connectivity index (χ1n) is 7.17. The Bertz CT molecular complexity index is 258. The molecular weight excluding hydrogens is 301 g/mol. The number of morpholine rings is 1. The average molecular weight is 328 g/mol. The Hall–Kier alpha value is -0.0700. The van der Waals surface area contributed by atoms with E-state index in [0.717, 1.165) is 71.6 Å². The van der Waals surface area contributed by atoms with E-state index < -0.39 is 0 Å². The first-order valence-corrected chi connectivity index (χ1v) is 7.17. The van der Waals surface area contributed by atoms with Gasteiger partial charge in [0.15, 0.2) is 0 Å². The minimum absolute atomic E-state index is 0. The van der Waals surface area contributed by atoms with Gasteiger partial charge in [-0.1, -0.05) is 0 Å². The van der Waals surface area contributed by atoms with Crippen LogP contribution in [0.4, 0.5) is 0 Å². The van der Waals surface area contributed by atoms with Gasteiger partial charge >= 0.3 is 0 Å². The van der Waals surface area contributed by atoms with Gasteiger partial charge < -0.3 is 15.4 Å². The lowest BCUT2D eigenvalue weighted by Crippen LogP contribution is -2.41. The molecule has 0 radical (unpaired) electrons. The highest BCUT2D eigenvalue weighted by atomic mass is 35.5. The number of hydrogen-bond acceptors (Lipinski definition) is 4. The summed E-state index contributed by atoms with van der Waals surface area (Å²) in [5.74, 6) is 0.180. The molecule has 2 saturated heterocycles. The fourth-order valence-corrected chi connectivity index (χ4v) is 2.53. The predicted molar refractivity (Wildman–Crippen MR) is 85.0 cm³/mol. The zero-order valence-corrected chi connectivity index (χ0v) is 13.6. The molecular formula is C13H27Cl2N3O2. The van der Waals surface area contributed by atoms with Crippen LogP contribution in [0.5, 0.6) is 0 Å². The second kappa shape index (κ2) is 11.6. The number of nitrogens with one attached hydrogen (secondary N) is 2. The van der Waals surface area contributed by atoms with E-state index in [0.29, 0.717) is 0 Å². The quantitative estimate of drug-likeness (QED) is 0.709. The number of nitrogens with zero attached hydrogens (tertiary/aromatic N) is 1. The molecule has 7 heteroatoms. The lowest BCUT2D eigenvalue weighted by Gasteiger charge is -2.26. The third-order valence-corrected chi connectivity index (χ3v) is 3.68. The highest BCUT2D eigenvalue weighted by Gasteiger charge is 2.21. The highest BCUT2D eigenvalue weighted by Crippen LogP contribution is 2.04. The zero-order valence-electron chi connectivity index (χ0n) is 11.9. The van der Waals surface area contributed by atoms with E-state index in [1.54, 1.807) is 0 Å². The van der Waals surface area contributed by atoms with Crippen molar-refractivity contribution in [3.8, 4) is 0 Å². The van der Waals surface area contributed by atoms with Crippen molar-refractivity contribution >= 4 is 30.7 Å². The molecule has 2 heterocycles. The molecule has 2 fully saturated rings. The molecule has 2 rings (SSSR count). The van der Waals surface area contributed by atoms with Gasteiger partial charge in [0.1, 0.15) is 0 Å². The fraction of sp³-hybridized carbons (Fsp3) is 0.923. The number of amides is 1. The van der Waals surface area contributed by atoms with Gasteiger partial charge in [-0.2, -0.15) is 0 Å². The topological polar surface area (TPSA) is 53.6 Å². The van der Waals surface area contributed by atoms with Crippen LogP contribution in [0.15, 0.2) is 0 Å². The summed E-state index contributed by atoms with van der Waals surface area (Å²) in [6, 6.07) is 0.0595. The molecule has 0 bridgehead atoms. The number of hydrogen-bond donors (Lipinski definition) is 2. The summed E-state index contributed by atoms with van der Waals surface area (Å²) < 4.78 is 5.31. The zero-order chi connectivity index (χ0) is 12.6. The predicted octanol–water partition coefficient (Wildman–Crippen LogP) is 0.811. The number of carbonyl (C=O) groups excluding carboxylic acids is 1. The van der Waals surface area contributed by atoms with Crippen LogP contribution in [-0.4, -0.2) is 62.8 Å². The summed E-state index contributed by atoms with van der Waals surface area (Å²) in [5, 5.41) is 6.23. The van der Waals surface area contributed by atoms with E-state index in [9.17, 15) is 4.79 Å². The van der Waals surface area contributed by atoms with Crippen molar-refractivity contribution in [3.05, 3.63) is 0 Å². The molecule has 5 nitrogen and oxygen atoms in total. The van der Waals surface area contributed by atoms with Crippen LogP contribution in [-0.2, 0) is 9.53 Å². The van der Waals surface area contributed by atoms with E-state index in [1.807, 2.05) is 0 Å². The van der Waals surface area contributed by atoms with E-state index in [-0.39, 0.29) is 36.8 Å². The van der Waals surface area contributed by atoms with E-state index >= 15 is 0 Å². The van der Waals surface area contributed by atoms with Crippen molar-refractivity contribution in [1.82, 2.24) is 15.5 Å². The smallest absolute Gasteiger partial charge is 0.237 e. The maximum absolute atomic E-state index is 11.7. The van der Waals surface area contributed by atoms with Crippen LogP contribution in [0.3, 0.4) is 0 Å². The first-order chi connectivity index (χ1) is 8.86. The minimum Gasteiger partial charge on any atom is -0.379 e. The summed E-state index contributed by atoms with van der Waals surface area (Å²) >= 11 is 0. The Labute approximate surface area is 134 Å². The Morgan fingerprint density at radius 2 is 2.00 bits per heavy atom. The molecule has 20 heavy (non-hydrogen) atoms. The molecule has 0 aromatic rings. The Morgan fingerprint density at radius 3 is 2.65 bits per heavy atom. The van der Waals surface area contributed by atoms with E-state index in [1.165, 1.54) is 0 Å². The number of ether oxygens (including phenoxy) is 1. The molecule has 2 aliphatic heterocycles. The Kier molecular flexibility index (Phi) is 11.5. The van der Waals surface area contributed by atoms with Gasteiger partial charge in [-0.05, 0) is 38.8 Å². The Balaban J connectivity index is 0.00000180. The average Bonchev–Trinajstić information content (AvgIpc) is 2.93. The largest absolute Gasteiger partial charge is 0.379 e. The number of unbranched alkanes of at least 4 members (excludes halogenated alkanes) is 1. The summed E-state index contributed by atoms with van der Waals surface area (Å²) in [6.45, 7) is 6.75. The van der Waals surface area contributed by atoms with Crippen molar-refractivity contribution in [2.75, 3.05) is 45.9 Å². The molecule has 0 saturated carbocycles. The molecule has 1 amide bonds. The van der Waals surface area contributed by atoms with Gasteiger partial charge in [-0.25, -0.2) is 0 Å². The maximum Gasteiger partial charge on any atom is 0.237 e. The first kappa shape index (κ1) is 19.9. The van der Waals surface area contributed by atoms with Gasteiger partial charge in [0.05, 0.1) is 19.3 Å². The SMILES string of the molecule is Cl.Cl.O=C(NCCCCN1CCOCC1)[C@@H]1CCCN1. The summed E-state index contributed by atoms with van der Waals surface area (Å²) in [7, 11) is 0. The molecule has 2 aliphatic rings. The summed E-state index contributed by atoms with van der Waals surface area (Å²) in [4.78, 5) is 14.1. The highest BCUT2D eigenvalue weighted by molar-refractivity contribution is 5.85. The van der Waals surface area contributed by atoms with E-state index in [4.69, 9.17) is 4.74 Å². The lowest BCUT2D eigenvalue weighted by molar-refractivity contribution is -0.122. The minimum atomic E-state index is 0. The molecule has 0 spiro atoms. The molecule has 1 atom stereocenters. The normalized spacial score (nSPS) is 22.7. The van der Waals surface area contributed by atoms with Crippen molar-refractivity contribution in [1.29, 1.82) is 0 Å². The van der Waals surface area contributed by atoms with Crippen LogP contribution < -0.4 is 10.6 Å². The molecule has 0 aromatic heterocycles. The van der Waals surface area contributed by atoms with Crippen LogP contribution in [0.2, 0.25) is 0 Å². The lowest BCUT2D eigenvalue weighted by atomic mass is 10.2. The Morgan fingerprint density at radius 1 is 1.25 bits per heavy atom. The molecule has 0 unspecified atom stereocenters. The van der Waals surface area contributed by atoms with Crippen molar-refractivity contribution in [2.24, 2.45) is 0 Å². The number of carbonyl (C=O) groups is 1. The van der Waals surface area contributed by atoms with Crippen LogP contribution in [0.1, 0.15) is 25.7 Å². The monoisotopic (exact) mass is 327 g/mol. The van der Waals surface area contributed by atoms with Crippen molar-refractivity contribution < 1.29 is 9.53 Å². The summed E-state index contributed by atoms with van der Waals surface area (Å²) in [6.07, 6.45) is 4.32. The summed E-state index contributed by atoms with van der Waals surface area (Å²) in [5.41, 5.74) is 0. The van der Waals surface area contributed by atoms with E-state index in [2.05, 4.69) is 15.5 Å². The van der Waals surface area contributed by atoms with Gasteiger partial charge in [0, 0.05) is 19.6 Å².